The van der Waals surface area contributed by atoms with Gasteiger partial charge in [-0.15, -0.1) is 0 Å². The average molecular weight is 495 g/mol. The first-order valence-electron chi connectivity index (χ1n) is 12.2. The first-order valence-corrected chi connectivity index (χ1v) is 12.2. The molecule has 0 saturated heterocycles. The molecule has 0 radical (unpaired) electrons. The highest BCUT2D eigenvalue weighted by Crippen LogP contribution is 2.37. The lowest BCUT2D eigenvalue weighted by molar-refractivity contribution is -0.130. The molecule has 6 heterocycles. The molecule has 186 valence electrons. The van der Waals surface area contributed by atoms with Crippen LogP contribution in [0.2, 0.25) is 0 Å². The SMILES string of the molecule is Cc1c(-c2cc3cc(Nc4cc5n(n4)CC(=O)N(C)CC5)ncc3c(N)n2)cnc2c1NCCC2C#N. The lowest BCUT2D eigenvalue weighted by Crippen LogP contribution is -2.29. The Morgan fingerprint density at radius 1 is 1.22 bits per heavy atom. The Kier molecular flexibility index (Phi) is 5.37. The molecule has 4 N–H and O–H groups in total. The number of carbonyl (C=O) groups is 1. The molecule has 4 aromatic heterocycles. The Morgan fingerprint density at radius 2 is 2.08 bits per heavy atom. The number of nitrogens with zero attached hydrogens (tertiary/aromatic N) is 7. The van der Waals surface area contributed by atoms with Crippen molar-refractivity contribution in [3.63, 3.8) is 0 Å². The van der Waals surface area contributed by atoms with Gasteiger partial charge in [0, 0.05) is 61.7 Å². The summed E-state index contributed by atoms with van der Waals surface area (Å²) in [6, 6.07) is 8.18. The highest BCUT2D eigenvalue weighted by molar-refractivity contribution is 5.95. The summed E-state index contributed by atoms with van der Waals surface area (Å²) in [6.45, 7) is 3.63. The summed E-state index contributed by atoms with van der Waals surface area (Å²) in [7, 11) is 1.81. The maximum atomic E-state index is 12.2. The number of fused-ring (bicyclic) bond motifs is 3. The second-order valence-corrected chi connectivity index (χ2v) is 9.51. The van der Waals surface area contributed by atoms with Gasteiger partial charge in [0.1, 0.15) is 18.2 Å². The molecule has 0 fully saturated rings. The van der Waals surface area contributed by atoms with Crippen LogP contribution in [-0.2, 0) is 17.8 Å². The van der Waals surface area contributed by atoms with E-state index >= 15 is 0 Å². The highest BCUT2D eigenvalue weighted by atomic mass is 16.2. The predicted molar refractivity (Wildman–Crippen MR) is 140 cm³/mol. The number of hydrogen-bond donors (Lipinski definition) is 3. The minimum atomic E-state index is -0.213. The van der Waals surface area contributed by atoms with Crippen molar-refractivity contribution in [2.24, 2.45) is 0 Å². The van der Waals surface area contributed by atoms with Crippen LogP contribution in [0.1, 0.15) is 29.3 Å². The van der Waals surface area contributed by atoms with E-state index in [0.717, 1.165) is 58.4 Å². The number of amides is 1. The minimum Gasteiger partial charge on any atom is -0.383 e. The van der Waals surface area contributed by atoms with Crippen molar-refractivity contribution in [2.45, 2.75) is 32.2 Å². The highest BCUT2D eigenvalue weighted by Gasteiger charge is 2.25. The van der Waals surface area contributed by atoms with Crippen LogP contribution in [0.15, 0.2) is 30.6 Å². The number of pyridine rings is 3. The standard InChI is InChI=1S/C26H26N10O/c1-14-18(11-31-25-15(10-27)3-5-29-24(14)25)20-7-16-8-21(30-12-19(16)26(28)32-20)33-22-9-17-4-6-35(2)23(37)13-36(17)34-22/h7-9,11-12,15,29H,3-6,13H2,1-2H3,(H2,28,32)(H,30,33,34). The molecule has 11 nitrogen and oxygen atoms in total. The Balaban J connectivity index is 1.34. The second kappa shape index (κ2) is 8.74. The fraction of sp³-hybridized carbons (Fsp3) is 0.308. The number of aromatic nitrogens is 5. The Hall–Kier alpha value is -4.72. The Labute approximate surface area is 213 Å². The van der Waals surface area contributed by atoms with Gasteiger partial charge in [-0.25, -0.2) is 9.97 Å². The van der Waals surface area contributed by atoms with Crippen LogP contribution in [-0.4, -0.2) is 55.7 Å². The summed E-state index contributed by atoms with van der Waals surface area (Å²) < 4.78 is 1.74. The maximum absolute atomic E-state index is 12.2. The second-order valence-electron chi connectivity index (χ2n) is 9.51. The zero-order valence-electron chi connectivity index (χ0n) is 20.6. The summed E-state index contributed by atoms with van der Waals surface area (Å²) in [5, 5.41) is 22.3. The number of nitrogen functional groups attached to an aromatic ring is 1. The molecule has 4 aromatic rings. The van der Waals surface area contributed by atoms with Crippen molar-refractivity contribution in [3.05, 3.63) is 47.5 Å². The van der Waals surface area contributed by atoms with Gasteiger partial charge in [0.2, 0.25) is 5.91 Å². The lowest BCUT2D eigenvalue weighted by Gasteiger charge is -2.24. The number of rotatable bonds is 3. The van der Waals surface area contributed by atoms with Crippen molar-refractivity contribution >= 4 is 39.8 Å². The van der Waals surface area contributed by atoms with Gasteiger partial charge in [-0.1, -0.05) is 0 Å². The van der Waals surface area contributed by atoms with Crippen molar-refractivity contribution in [2.75, 3.05) is 36.5 Å². The molecule has 2 aliphatic heterocycles. The number of carbonyl (C=O) groups excluding carboxylic acids is 1. The van der Waals surface area contributed by atoms with Crippen LogP contribution >= 0.6 is 0 Å². The fourth-order valence-electron chi connectivity index (χ4n) is 4.99. The molecule has 11 heteroatoms. The van der Waals surface area contributed by atoms with E-state index in [1.54, 1.807) is 22.0 Å². The van der Waals surface area contributed by atoms with E-state index in [9.17, 15) is 10.1 Å². The van der Waals surface area contributed by atoms with E-state index in [4.69, 9.17) is 5.73 Å². The summed E-state index contributed by atoms with van der Waals surface area (Å²) in [4.78, 5) is 27.7. The zero-order chi connectivity index (χ0) is 25.7. The summed E-state index contributed by atoms with van der Waals surface area (Å²) >= 11 is 0. The van der Waals surface area contributed by atoms with Gasteiger partial charge in [0.25, 0.3) is 0 Å². The number of anilines is 4. The number of likely N-dealkylation sites (N-methyl/N-ethyl adjacent to an activating group) is 1. The first-order chi connectivity index (χ1) is 17.9. The number of nitrogens with two attached hydrogens (primary N) is 1. The molecule has 0 saturated carbocycles. The van der Waals surface area contributed by atoms with Gasteiger partial charge in [0.05, 0.1) is 29.1 Å². The van der Waals surface area contributed by atoms with E-state index in [1.165, 1.54) is 0 Å². The molecule has 1 unspecified atom stereocenters. The van der Waals surface area contributed by atoms with Crippen molar-refractivity contribution in [1.82, 2.24) is 29.6 Å². The molecule has 2 aliphatic rings. The molecular weight excluding hydrogens is 468 g/mol. The van der Waals surface area contributed by atoms with Gasteiger partial charge in [0.15, 0.2) is 5.82 Å². The Morgan fingerprint density at radius 3 is 2.92 bits per heavy atom. The van der Waals surface area contributed by atoms with Crippen molar-refractivity contribution in [1.29, 1.82) is 5.26 Å². The van der Waals surface area contributed by atoms with Crippen LogP contribution in [0.5, 0.6) is 0 Å². The van der Waals surface area contributed by atoms with Gasteiger partial charge in [-0.05, 0) is 36.4 Å². The molecule has 1 amide bonds. The fourth-order valence-corrected chi connectivity index (χ4v) is 4.99. The monoisotopic (exact) mass is 494 g/mol. The summed E-state index contributed by atoms with van der Waals surface area (Å²) in [5.74, 6) is 1.45. The van der Waals surface area contributed by atoms with E-state index < -0.39 is 0 Å². The summed E-state index contributed by atoms with van der Waals surface area (Å²) in [6.07, 6.45) is 4.95. The third-order valence-electron chi connectivity index (χ3n) is 7.14. The van der Waals surface area contributed by atoms with Crippen molar-refractivity contribution < 1.29 is 4.79 Å². The first kappa shape index (κ1) is 22.7. The molecule has 1 atom stereocenters. The van der Waals surface area contributed by atoms with Crippen LogP contribution in [0.3, 0.4) is 0 Å². The third-order valence-corrected chi connectivity index (χ3v) is 7.14. The molecule has 0 aliphatic carbocycles. The minimum absolute atomic E-state index is 0.0399. The Bertz CT molecular complexity index is 1600. The van der Waals surface area contributed by atoms with E-state index in [1.807, 2.05) is 32.2 Å². The largest absolute Gasteiger partial charge is 0.383 e. The third kappa shape index (κ3) is 3.96. The molecule has 37 heavy (non-hydrogen) atoms. The van der Waals surface area contributed by atoms with Gasteiger partial charge >= 0.3 is 0 Å². The van der Waals surface area contributed by atoms with Crippen LogP contribution in [0.25, 0.3) is 22.0 Å². The predicted octanol–water partition coefficient (Wildman–Crippen LogP) is 2.96. The van der Waals surface area contributed by atoms with Gasteiger partial charge in [-0.2, -0.15) is 10.4 Å². The zero-order valence-corrected chi connectivity index (χ0v) is 20.6. The smallest absolute Gasteiger partial charge is 0.244 e. The lowest BCUT2D eigenvalue weighted by atomic mass is 9.93. The normalized spacial score (nSPS) is 16.9. The van der Waals surface area contributed by atoms with Crippen molar-refractivity contribution in [3.8, 4) is 17.3 Å². The summed E-state index contributed by atoms with van der Waals surface area (Å²) in [5.41, 5.74) is 11.6. The van der Waals surface area contributed by atoms with Crippen LogP contribution in [0.4, 0.5) is 23.1 Å². The van der Waals surface area contributed by atoms with Gasteiger partial charge in [-0.3, -0.25) is 14.5 Å². The van der Waals surface area contributed by atoms with E-state index in [-0.39, 0.29) is 18.4 Å². The quantitative estimate of drug-likeness (QED) is 0.390. The molecule has 6 rings (SSSR count). The average Bonchev–Trinajstić information content (AvgIpc) is 3.21. The van der Waals surface area contributed by atoms with Crippen LogP contribution in [0, 0.1) is 18.3 Å². The molecule has 0 spiro atoms. The number of hydrogen-bond acceptors (Lipinski definition) is 9. The van der Waals surface area contributed by atoms with E-state index in [0.29, 0.717) is 29.7 Å². The molecular formula is C26H26N10O. The molecule has 0 bridgehead atoms. The molecule has 0 aromatic carbocycles. The number of nitriles is 1. The maximum Gasteiger partial charge on any atom is 0.244 e. The van der Waals surface area contributed by atoms with E-state index in [2.05, 4.69) is 36.8 Å². The van der Waals surface area contributed by atoms with Gasteiger partial charge < -0.3 is 21.3 Å². The number of nitrogens with one attached hydrogen (secondary N) is 2. The topological polar surface area (TPSA) is 151 Å². The van der Waals surface area contributed by atoms with Crippen LogP contribution < -0.4 is 16.4 Å².